The van der Waals surface area contributed by atoms with Crippen LogP contribution in [0, 0.1) is 0 Å². The van der Waals surface area contributed by atoms with Gasteiger partial charge in [0.25, 0.3) is 0 Å². The van der Waals surface area contributed by atoms with Gasteiger partial charge in [-0.3, -0.25) is 4.98 Å². The molecule has 3 heterocycles. The first-order valence-electron chi connectivity index (χ1n) is 7.10. The quantitative estimate of drug-likeness (QED) is 0.758. The first kappa shape index (κ1) is 15.5. The summed E-state index contributed by atoms with van der Waals surface area (Å²) < 4.78 is 0. The van der Waals surface area contributed by atoms with Crippen LogP contribution in [0.1, 0.15) is 12.6 Å². The molecule has 0 aliphatic heterocycles. The molecular weight excluding hydrogens is 308 g/mol. The molecule has 1 unspecified atom stereocenters. The van der Waals surface area contributed by atoms with Crippen LogP contribution in [0.3, 0.4) is 0 Å². The van der Waals surface area contributed by atoms with Crippen molar-refractivity contribution in [2.24, 2.45) is 0 Å². The van der Waals surface area contributed by atoms with Gasteiger partial charge in [-0.25, -0.2) is 24.7 Å². The molecule has 1 atom stereocenters. The molecule has 0 aromatic carbocycles. The molecule has 0 spiro atoms. The summed E-state index contributed by atoms with van der Waals surface area (Å²) in [7, 11) is 0. The zero-order valence-electron chi connectivity index (χ0n) is 12.8. The number of carboxylic acid groups (broad SMARTS) is 1. The van der Waals surface area contributed by atoms with Crippen LogP contribution in [-0.2, 0) is 10.3 Å². The third kappa shape index (κ3) is 2.65. The number of rotatable bonds is 5. The average molecular weight is 322 g/mol. The Balaban J connectivity index is 2.25. The van der Waals surface area contributed by atoms with Gasteiger partial charge in [-0.05, 0) is 31.2 Å². The predicted molar refractivity (Wildman–Crippen MR) is 85.4 cm³/mol. The number of aliphatic carboxylic acids is 1. The summed E-state index contributed by atoms with van der Waals surface area (Å²) >= 11 is 0. The molecule has 0 bridgehead atoms. The SMILES string of the molecule is CC(C(=O)O)(c1ccncn1)N(c1cccnc1)c1ccncn1. The molecule has 120 valence electrons. The summed E-state index contributed by atoms with van der Waals surface area (Å²) in [5.41, 5.74) is -0.618. The molecule has 0 aliphatic rings. The molecular formula is C16H14N6O2. The fourth-order valence-corrected chi connectivity index (χ4v) is 2.42. The lowest BCUT2D eigenvalue weighted by Gasteiger charge is -2.37. The molecule has 0 fully saturated rings. The maximum atomic E-state index is 12.2. The first-order chi connectivity index (χ1) is 11.6. The number of pyridine rings is 1. The van der Waals surface area contributed by atoms with Gasteiger partial charge in [0.05, 0.1) is 17.6 Å². The standard InChI is InChI=1S/C16H14N6O2/c1-16(15(23)24,13-4-7-18-10-20-13)22(12-3-2-6-17-9-12)14-5-8-19-11-21-14/h2-11H,1H3,(H,23,24). The third-order valence-corrected chi connectivity index (χ3v) is 3.64. The fraction of sp³-hybridized carbons (Fsp3) is 0.125. The lowest BCUT2D eigenvalue weighted by atomic mass is 9.94. The van der Waals surface area contributed by atoms with E-state index in [0.29, 0.717) is 17.2 Å². The smallest absolute Gasteiger partial charge is 0.336 e. The van der Waals surface area contributed by atoms with Gasteiger partial charge < -0.3 is 10.0 Å². The molecule has 3 rings (SSSR count). The Labute approximate surface area is 137 Å². The van der Waals surface area contributed by atoms with Crippen molar-refractivity contribution >= 4 is 17.5 Å². The second-order valence-corrected chi connectivity index (χ2v) is 5.09. The molecule has 0 aliphatic carbocycles. The average Bonchev–Trinajstić information content (AvgIpc) is 2.64. The van der Waals surface area contributed by atoms with E-state index in [1.165, 1.54) is 18.9 Å². The van der Waals surface area contributed by atoms with Crippen molar-refractivity contribution in [1.29, 1.82) is 0 Å². The van der Waals surface area contributed by atoms with E-state index in [1.807, 2.05) is 0 Å². The van der Waals surface area contributed by atoms with E-state index in [-0.39, 0.29) is 0 Å². The summed E-state index contributed by atoms with van der Waals surface area (Å²) in [6, 6.07) is 6.69. The number of anilines is 2. The minimum absolute atomic E-state index is 0.326. The van der Waals surface area contributed by atoms with Crippen molar-refractivity contribution in [3.05, 3.63) is 67.4 Å². The monoisotopic (exact) mass is 322 g/mol. The second-order valence-electron chi connectivity index (χ2n) is 5.09. The molecule has 8 heteroatoms. The summed E-state index contributed by atoms with van der Waals surface area (Å²) in [5.74, 6) is -0.662. The van der Waals surface area contributed by atoms with E-state index < -0.39 is 11.5 Å². The largest absolute Gasteiger partial charge is 0.479 e. The minimum atomic E-state index is -1.51. The molecule has 24 heavy (non-hydrogen) atoms. The highest BCUT2D eigenvalue weighted by atomic mass is 16.4. The maximum Gasteiger partial charge on any atom is 0.336 e. The van der Waals surface area contributed by atoms with Gasteiger partial charge in [-0.2, -0.15) is 0 Å². The predicted octanol–water partition coefficient (Wildman–Crippen LogP) is 1.80. The van der Waals surface area contributed by atoms with E-state index in [0.717, 1.165) is 0 Å². The van der Waals surface area contributed by atoms with Crippen molar-refractivity contribution in [2.45, 2.75) is 12.5 Å². The number of hydrogen-bond acceptors (Lipinski definition) is 7. The lowest BCUT2D eigenvalue weighted by molar-refractivity contribution is -0.143. The molecule has 3 aromatic heterocycles. The molecule has 0 saturated carbocycles. The molecule has 0 amide bonds. The number of carbonyl (C=O) groups is 1. The lowest BCUT2D eigenvalue weighted by Crippen LogP contribution is -2.48. The van der Waals surface area contributed by atoms with Crippen LogP contribution in [0.15, 0.2) is 61.7 Å². The Morgan fingerprint density at radius 2 is 1.79 bits per heavy atom. The van der Waals surface area contributed by atoms with E-state index in [2.05, 4.69) is 24.9 Å². The Hall–Kier alpha value is -3.42. The van der Waals surface area contributed by atoms with Gasteiger partial charge in [-0.15, -0.1) is 0 Å². The fourth-order valence-electron chi connectivity index (χ4n) is 2.42. The van der Waals surface area contributed by atoms with Crippen molar-refractivity contribution in [3.63, 3.8) is 0 Å². The highest BCUT2D eigenvalue weighted by Crippen LogP contribution is 2.37. The first-order valence-corrected chi connectivity index (χ1v) is 7.10. The third-order valence-electron chi connectivity index (χ3n) is 3.64. The molecule has 8 nitrogen and oxygen atoms in total. The van der Waals surface area contributed by atoms with Crippen LogP contribution < -0.4 is 4.90 Å². The Bertz CT molecular complexity index is 776. The van der Waals surface area contributed by atoms with E-state index >= 15 is 0 Å². The van der Waals surface area contributed by atoms with Crippen molar-refractivity contribution in [3.8, 4) is 0 Å². The molecule has 1 N–H and O–H groups in total. The van der Waals surface area contributed by atoms with Crippen molar-refractivity contribution in [1.82, 2.24) is 24.9 Å². The van der Waals surface area contributed by atoms with Crippen LogP contribution in [0.4, 0.5) is 11.5 Å². The molecule has 0 radical (unpaired) electrons. The Morgan fingerprint density at radius 3 is 2.33 bits per heavy atom. The number of carboxylic acids is 1. The van der Waals surface area contributed by atoms with Crippen LogP contribution in [0.25, 0.3) is 0 Å². The Kier molecular flexibility index (Phi) is 4.11. The van der Waals surface area contributed by atoms with Crippen LogP contribution in [-0.4, -0.2) is 36.0 Å². The summed E-state index contributed by atoms with van der Waals surface area (Å²) in [5, 5.41) is 10.0. The zero-order valence-corrected chi connectivity index (χ0v) is 12.8. The summed E-state index contributed by atoms with van der Waals surface area (Å²) in [4.78, 5) is 34.0. The highest BCUT2D eigenvalue weighted by molar-refractivity contribution is 5.87. The van der Waals surface area contributed by atoms with Gasteiger partial charge in [-0.1, -0.05) is 0 Å². The van der Waals surface area contributed by atoms with E-state index in [9.17, 15) is 9.90 Å². The van der Waals surface area contributed by atoms with Gasteiger partial charge in [0.2, 0.25) is 0 Å². The molecule has 3 aromatic rings. The topological polar surface area (TPSA) is 105 Å². The van der Waals surface area contributed by atoms with Crippen molar-refractivity contribution < 1.29 is 9.90 Å². The van der Waals surface area contributed by atoms with Crippen LogP contribution in [0.5, 0.6) is 0 Å². The number of hydrogen-bond donors (Lipinski definition) is 1. The summed E-state index contributed by atoms with van der Waals surface area (Å²) in [6.07, 6.45) is 8.92. The number of nitrogens with zero attached hydrogens (tertiary/aromatic N) is 6. The number of aromatic nitrogens is 5. The van der Waals surface area contributed by atoms with Gasteiger partial charge in [0.15, 0.2) is 5.54 Å². The van der Waals surface area contributed by atoms with Gasteiger partial charge in [0, 0.05) is 18.6 Å². The summed E-state index contributed by atoms with van der Waals surface area (Å²) in [6.45, 7) is 1.56. The van der Waals surface area contributed by atoms with Gasteiger partial charge >= 0.3 is 5.97 Å². The van der Waals surface area contributed by atoms with Crippen LogP contribution >= 0.6 is 0 Å². The van der Waals surface area contributed by atoms with Crippen LogP contribution in [0.2, 0.25) is 0 Å². The second kappa shape index (κ2) is 6.37. The highest BCUT2D eigenvalue weighted by Gasteiger charge is 2.44. The molecule has 0 saturated heterocycles. The normalized spacial score (nSPS) is 13.0. The maximum absolute atomic E-state index is 12.2. The van der Waals surface area contributed by atoms with Crippen molar-refractivity contribution in [2.75, 3.05) is 4.90 Å². The zero-order chi connectivity index (χ0) is 17.0. The van der Waals surface area contributed by atoms with E-state index in [1.54, 1.807) is 54.7 Å². The van der Waals surface area contributed by atoms with E-state index in [4.69, 9.17) is 0 Å². The Morgan fingerprint density at radius 1 is 1.04 bits per heavy atom. The minimum Gasteiger partial charge on any atom is -0.479 e. The van der Waals surface area contributed by atoms with Gasteiger partial charge in [0.1, 0.15) is 18.5 Å².